The molecule has 29 heavy (non-hydrogen) atoms. The molecular formula is C22H34F2N2O3. The normalized spacial score (nSPS) is 14.1. The Kier molecular flexibility index (Phi) is 11.4. The summed E-state index contributed by atoms with van der Waals surface area (Å²) in [5, 5.41) is 16.4. The number of carbonyl (C=O) groups excluding carboxylic acids is 2. The Morgan fingerprint density at radius 3 is 2.24 bits per heavy atom. The highest BCUT2D eigenvalue weighted by Crippen LogP contribution is 2.16. The average molecular weight is 413 g/mol. The van der Waals surface area contributed by atoms with Gasteiger partial charge in [-0.25, -0.2) is 8.78 Å². The quantitative estimate of drug-likeness (QED) is 0.433. The van der Waals surface area contributed by atoms with Gasteiger partial charge in [0.15, 0.2) is 0 Å². The zero-order valence-corrected chi connectivity index (χ0v) is 17.6. The zero-order valence-electron chi connectivity index (χ0n) is 17.6. The number of aliphatic hydroxyl groups is 1. The Morgan fingerprint density at radius 2 is 1.69 bits per heavy atom. The molecule has 1 rings (SSSR count). The smallest absolute Gasteiger partial charge is 0.220 e. The van der Waals surface area contributed by atoms with Crippen molar-refractivity contribution in [1.82, 2.24) is 10.6 Å². The first-order valence-corrected chi connectivity index (χ1v) is 10.4. The molecule has 2 amide bonds. The fourth-order valence-corrected chi connectivity index (χ4v) is 3.42. The fraction of sp³-hybridized carbons (Fsp3) is 0.636. The molecule has 0 aliphatic carbocycles. The van der Waals surface area contributed by atoms with Crippen molar-refractivity contribution in [2.45, 2.75) is 90.3 Å². The fourth-order valence-electron chi connectivity index (χ4n) is 3.42. The molecule has 164 valence electrons. The van der Waals surface area contributed by atoms with E-state index in [4.69, 9.17) is 0 Å². The summed E-state index contributed by atoms with van der Waals surface area (Å²) in [7, 11) is 0. The maximum absolute atomic E-state index is 13.5. The van der Waals surface area contributed by atoms with Gasteiger partial charge in [0, 0.05) is 25.5 Å². The molecule has 0 heterocycles. The molecule has 3 N–H and O–H groups in total. The van der Waals surface area contributed by atoms with Gasteiger partial charge in [0.25, 0.3) is 0 Å². The molecule has 7 heteroatoms. The molecule has 0 fully saturated rings. The summed E-state index contributed by atoms with van der Waals surface area (Å²) in [6.45, 7) is 5.38. The SMILES string of the molecule is CCCCCC(=O)NC(CCC)C[C@H](O)[C@H](Cc1cc(F)cc(F)c1)NC(C)=O. The van der Waals surface area contributed by atoms with Gasteiger partial charge in [0.05, 0.1) is 12.1 Å². The molecule has 0 aromatic heterocycles. The monoisotopic (exact) mass is 412 g/mol. The van der Waals surface area contributed by atoms with Crippen molar-refractivity contribution < 1.29 is 23.5 Å². The molecule has 5 nitrogen and oxygen atoms in total. The highest BCUT2D eigenvalue weighted by molar-refractivity contribution is 5.76. The molecule has 0 saturated heterocycles. The molecule has 3 atom stereocenters. The third-order valence-corrected chi connectivity index (χ3v) is 4.77. The molecule has 1 unspecified atom stereocenters. The van der Waals surface area contributed by atoms with E-state index in [1.54, 1.807) is 0 Å². The summed E-state index contributed by atoms with van der Waals surface area (Å²) in [5.74, 6) is -1.81. The Labute approximate surface area is 172 Å². The molecular weight excluding hydrogens is 378 g/mol. The largest absolute Gasteiger partial charge is 0.391 e. The van der Waals surface area contributed by atoms with Gasteiger partial charge in [-0.2, -0.15) is 0 Å². The van der Waals surface area contributed by atoms with E-state index in [0.717, 1.165) is 31.7 Å². The third kappa shape index (κ3) is 10.4. The molecule has 0 aliphatic rings. The van der Waals surface area contributed by atoms with Crippen LogP contribution >= 0.6 is 0 Å². The van der Waals surface area contributed by atoms with E-state index in [1.807, 2.05) is 6.92 Å². The zero-order chi connectivity index (χ0) is 21.8. The molecule has 1 aromatic carbocycles. The lowest BCUT2D eigenvalue weighted by atomic mass is 9.94. The Morgan fingerprint density at radius 1 is 1.03 bits per heavy atom. The highest BCUT2D eigenvalue weighted by Gasteiger charge is 2.25. The molecule has 0 bridgehead atoms. The Hall–Kier alpha value is -2.02. The van der Waals surface area contributed by atoms with Crippen LogP contribution in [0.2, 0.25) is 0 Å². The number of carbonyl (C=O) groups is 2. The molecule has 0 aliphatic heterocycles. The van der Waals surface area contributed by atoms with E-state index >= 15 is 0 Å². The van der Waals surface area contributed by atoms with Gasteiger partial charge in [0.2, 0.25) is 11.8 Å². The second-order valence-electron chi connectivity index (χ2n) is 7.60. The lowest BCUT2D eigenvalue weighted by Crippen LogP contribution is -2.47. The van der Waals surface area contributed by atoms with Gasteiger partial charge in [-0.05, 0) is 43.4 Å². The summed E-state index contributed by atoms with van der Waals surface area (Å²) < 4.78 is 27.0. The van der Waals surface area contributed by atoms with Gasteiger partial charge in [-0.15, -0.1) is 0 Å². The van der Waals surface area contributed by atoms with Crippen LogP contribution in [-0.2, 0) is 16.0 Å². The standard InChI is InChI=1S/C22H34F2N2O3/c1-4-6-7-9-22(29)26-19(8-5-2)14-21(28)20(25-15(3)27)12-16-10-17(23)13-18(24)11-16/h10-11,13,19-21,28H,4-9,12,14H2,1-3H3,(H,25,27)(H,26,29)/t19?,20-,21-/m0/s1. The number of rotatable bonds is 13. The lowest BCUT2D eigenvalue weighted by Gasteiger charge is -2.28. The second kappa shape index (κ2) is 13.2. The van der Waals surface area contributed by atoms with E-state index in [2.05, 4.69) is 17.6 Å². The van der Waals surface area contributed by atoms with Crippen LogP contribution in [0.5, 0.6) is 0 Å². The minimum Gasteiger partial charge on any atom is -0.391 e. The van der Waals surface area contributed by atoms with Crippen LogP contribution in [0.1, 0.15) is 71.3 Å². The van der Waals surface area contributed by atoms with Crippen molar-refractivity contribution in [3.8, 4) is 0 Å². The highest BCUT2D eigenvalue weighted by atomic mass is 19.1. The summed E-state index contributed by atoms with van der Waals surface area (Å²) in [6.07, 6.45) is 4.16. The first-order valence-electron chi connectivity index (χ1n) is 10.4. The number of hydrogen-bond acceptors (Lipinski definition) is 3. The van der Waals surface area contributed by atoms with Crippen molar-refractivity contribution in [3.05, 3.63) is 35.4 Å². The first-order chi connectivity index (χ1) is 13.7. The summed E-state index contributed by atoms with van der Waals surface area (Å²) in [4.78, 5) is 23.7. The maximum atomic E-state index is 13.5. The van der Waals surface area contributed by atoms with Gasteiger partial charge in [0.1, 0.15) is 11.6 Å². The van der Waals surface area contributed by atoms with Gasteiger partial charge < -0.3 is 15.7 Å². The minimum absolute atomic E-state index is 0.0487. The van der Waals surface area contributed by atoms with E-state index < -0.39 is 23.8 Å². The minimum atomic E-state index is -0.974. The van der Waals surface area contributed by atoms with Crippen LogP contribution in [0.3, 0.4) is 0 Å². The van der Waals surface area contributed by atoms with Crippen molar-refractivity contribution in [2.75, 3.05) is 0 Å². The number of aliphatic hydroxyl groups excluding tert-OH is 1. The topological polar surface area (TPSA) is 78.4 Å². The van der Waals surface area contributed by atoms with E-state index in [0.29, 0.717) is 18.4 Å². The van der Waals surface area contributed by atoms with Gasteiger partial charge in [-0.3, -0.25) is 9.59 Å². The van der Waals surface area contributed by atoms with E-state index in [1.165, 1.54) is 19.1 Å². The van der Waals surface area contributed by atoms with Crippen LogP contribution in [0.4, 0.5) is 8.78 Å². The summed E-state index contributed by atoms with van der Waals surface area (Å²) >= 11 is 0. The van der Waals surface area contributed by atoms with Crippen LogP contribution in [0.15, 0.2) is 18.2 Å². The number of amides is 2. The number of benzene rings is 1. The van der Waals surface area contributed by atoms with Crippen LogP contribution in [0, 0.1) is 11.6 Å². The van der Waals surface area contributed by atoms with Crippen LogP contribution in [0.25, 0.3) is 0 Å². The lowest BCUT2D eigenvalue weighted by molar-refractivity contribution is -0.123. The van der Waals surface area contributed by atoms with Crippen molar-refractivity contribution >= 4 is 11.8 Å². The van der Waals surface area contributed by atoms with Gasteiger partial charge >= 0.3 is 0 Å². The van der Waals surface area contributed by atoms with Crippen molar-refractivity contribution in [1.29, 1.82) is 0 Å². The molecule has 1 aromatic rings. The Balaban J connectivity index is 2.80. The first kappa shape index (κ1) is 25.0. The van der Waals surface area contributed by atoms with Crippen LogP contribution < -0.4 is 10.6 Å². The molecule has 0 spiro atoms. The maximum Gasteiger partial charge on any atom is 0.220 e. The summed E-state index contributed by atoms with van der Waals surface area (Å²) in [6, 6.07) is 2.20. The third-order valence-electron chi connectivity index (χ3n) is 4.77. The number of unbranched alkanes of at least 4 members (excludes halogenated alkanes) is 2. The number of nitrogens with one attached hydrogen (secondary N) is 2. The number of hydrogen-bond donors (Lipinski definition) is 3. The van der Waals surface area contributed by atoms with Crippen molar-refractivity contribution in [3.63, 3.8) is 0 Å². The molecule has 0 radical (unpaired) electrons. The summed E-state index contributed by atoms with van der Waals surface area (Å²) in [5.41, 5.74) is 0.343. The predicted molar refractivity (Wildman–Crippen MR) is 109 cm³/mol. The van der Waals surface area contributed by atoms with E-state index in [-0.39, 0.29) is 30.7 Å². The Bertz CT molecular complexity index is 635. The average Bonchev–Trinajstić information content (AvgIpc) is 2.60. The molecule has 0 saturated carbocycles. The van der Waals surface area contributed by atoms with Crippen LogP contribution in [-0.4, -0.2) is 35.1 Å². The van der Waals surface area contributed by atoms with Crippen molar-refractivity contribution in [2.24, 2.45) is 0 Å². The number of halogens is 2. The van der Waals surface area contributed by atoms with Gasteiger partial charge in [-0.1, -0.05) is 33.1 Å². The second-order valence-corrected chi connectivity index (χ2v) is 7.60. The predicted octanol–water partition coefficient (Wildman–Crippen LogP) is 3.63. The van der Waals surface area contributed by atoms with E-state index in [9.17, 15) is 23.5 Å².